The highest BCUT2D eigenvalue weighted by Crippen LogP contribution is 2.33. The van der Waals surface area contributed by atoms with Gasteiger partial charge in [0, 0.05) is 6.54 Å². The predicted molar refractivity (Wildman–Crippen MR) is 54.5 cm³/mol. The number of hydrogen-bond donors (Lipinski definition) is 2. The van der Waals surface area contributed by atoms with E-state index in [9.17, 15) is 4.57 Å². The fourth-order valence-electron chi connectivity index (χ4n) is 1.45. The van der Waals surface area contributed by atoms with Crippen molar-refractivity contribution in [3.8, 4) is 0 Å². The fourth-order valence-corrected chi connectivity index (χ4v) is 2.00. The van der Waals surface area contributed by atoms with Crippen molar-refractivity contribution in [3.63, 3.8) is 0 Å². The van der Waals surface area contributed by atoms with Crippen LogP contribution in [0, 0.1) is 0 Å². The van der Waals surface area contributed by atoms with Crippen LogP contribution in [0.5, 0.6) is 0 Å². The largest absolute Gasteiger partial charge is 0.326 e. The molecular weight excluding hydrogens is 213 g/mol. The zero-order valence-corrected chi connectivity index (χ0v) is 9.27. The van der Waals surface area contributed by atoms with Crippen molar-refractivity contribution in [2.75, 3.05) is 25.8 Å². The molecule has 0 aromatic rings. The Labute approximate surface area is 84.9 Å². The van der Waals surface area contributed by atoms with Crippen molar-refractivity contribution in [1.29, 1.82) is 0 Å². The number of halogens is 1. The minimum Gasteiger partial charge on any atom is -0.324 e. The van der Waals surface area contributed by atoms with E-state index in [0.29, 0.717) is 6.54 Å². The predicted octanol–water partition coefficient (Wildman–Crippen LogP) is 1.07. The van der Waals surface area contributed by atoms with E-state index in [1.807, 2.05) is 0 Å². The minimum atomic E-state index is -3.77. The minimum absolute atomic E-state index is 0. The van der Waals surface area contributed by atoms with E-state index >= 15 is 0 Å². The molecule has 1 fully saturated rings. The van der Waals surface area contributed by atoms with Gasteiger partial charge in [-0.1, -0.05) is 6.42 Å². The first kappa shape index (κ1) is 13.4. The molecule has 1 aliphatic heterocycles. The smallest absolute Gasteiger partial charge is 0.324 e. The van der Waals surface area contributed by atoms with Crippen molar-refractivity contribution in [3.05, 3.63) is 0 Å². The quantitative estimate of drug-likeness (QED) is 0.711. The Balaban J connectivity index is 0.00000144. The third kappa shape index (κ3) is 6.47. The van der Waals surface area contributed by atoms with E-state index in [4.69, 9.17) is 9.79 Å². The van der Waals surface area contributed by atoms with Gasteiger partial charge in [0.15, 0.2) is 0 Å². The number of piperidine rings is 1. The van der Waals surface area contributed by atoms with Crippen molar-refractivity contribution in [1.82, 2.24) is 4.90 Å². The third-order valence-corrected chi connectivity index (χ3v) is 2.94. The van der Waals surface area contributed by atoms with Crippen LogP contribution in [0.3, 0.4) is 0 Å². The molecule has 0 aliphatic carbocycles. The lowest BCUT2D eigenvalue weighted by Crippen LogP contribution is -2.32. The van der Waals surface area contributed by atoms with Crippen molar-refractivity contribution in [2.24, 2.45) is 0 Å². The van der Waals surface area contributed by atoms with Gasteiger partial charge in [0.25, 0.3) is 0 Å². The van der Waals surface area contributed by atoms with E-state index in [1.165, 1.54) is 19.3 Å². The SMILES string of the molecule is Cl.O=P(O)(O)CCN1CCCCC1. The van der Waals surface area contributed by atoms with Gasteiger partial charge in [-0.25, -0.2) is 0 Å². The summed E-state index contributed by atoms with van der Waals surface area (Å²) in [5.74, 6) is 0. The summed E-state index contributed by atoms with van der Waals surface area (Å²) in [6.45, 7) is 2.55. The molecular formula is C7H17ClNO3P. The average molecular weight is 230 g/mol. The van der Waals surface area contributed by atoms with Gasteiger partial charge in [-0.3, -0.25) is 4.57 Å². The molecule has 13 heavy (non-hydrogen) atoms. The molecule has 0 bridgehead atoms. The Bertz CT molecular complexity index is 179. The molecule has 80 valence electrons. The Morgan fingerprint density at radius 3 is 2.15 bits per heavy atom. The molecule has 0 aromatic carbocycles. The van der Waals surface area contributed by atoms with E-state index < -0.39 is 7.60 Å². The molecule has 0 spiro atoms. The highest BCUT2D eigenvalue weighted by atomic mass is 35.5. The Hall–Kier alpha value is 0.400. The number of nitrogens with zero attached hydrogens (tertiary/aromatic N) is 1. The molecule has 1 heterocycles. The van der Waals surface area contributed by atoms with Crippen LogP contribution in [0.4, 0.5) is 0 Å². The summed E-state index contributed by atoms with van der Waals surface area (Å²) in [6.07, 6.45) is 3.60. The molecule has 1 rings (SSSR count). The van der Waals surface area contributed by atoms with Gasteiger partial charge in [-0.15, -0.1) is 12.4 Å². The van der Waals surface area contributed by atoms with E-state index in [1.54, 1.807) is 0 Å². The number of hydrogen-bond acceptors (Lipinski definition) is 2. The zero-order valence-electron chi connectivity index (χ0n) is 7.56. The van der Waals surface area contributed by atoms with Crippen LogP contribution in [0.2, 0.25) is 0 Å². The molecule has 4 nitrogen and oxygen atoms in total. The third-order valence-electron chi connectivity index (χ3n) is 2.16. The van der Waals surface area contributed by atoms with Crippen LogP contribution in [0.1, 0.15) is 19.3 Å². The highest BCUT2D eigenvalue weighted by molar-refractivity contribution is 7.51. The van der Waals surface area contributed by atoms with Crippen LogP contribution in [-0.2, 0) is 4.57 Å². The Morgan fingerprint density at radius 2 is 1.69 bits per heavy atom. The van der Waals surface area contributed by atoms with Gasteiger partial charge in [0.2, 0.25) is 0 Å². The summed E-state index contributed by atoms with van der Waals surface area (Å²) in [7, 11) is -3.77. The van der Waals surface area contributed by atoms with Crippen molar-refractivity contribution in [2.45, 2.75) is 19.3 Å². The molecule has 1 saturated heterocycles. The second kappa shape index (κ2) is 5.99. The van der Waals surface area contributed by atoms with Crippen LogP contribution in [0.15, 0.2) is 0 Å². The molecule has 0 atom stereocenters. The van der Waals surface area contributed by atoms with Crippen molar-refractivity contribution < 1.29 is 14.4 Å². The van der Waals surface area contributed by atoms with Crippen LogP contribution < -0.4 is 0 Å². The number of rotatable bonds is 3. The van der Waals surface area contributed by atoms with Gasteiger partial charge in [0.1, 0.15) is 0 Å². The molecule has 1 aliphatic rings. The lowest BCUT2D eigenvalue weighted by atomic mass is 10.1. The molecule has 2 N–H and O–H groups in total. The fraction of sp³-hybridized carbons (Fsp3) is 1.00. The molecule has 0 unspecified atom stereocenters. The van der Waals surface area contributed by atoms with Gasteiger partial charge in [-0.2, -0.15) is 0 Å². The maximum absolute atomic E-state index is 10.5. The highest BCUT2D eigenvalue weighted by Gasteiger charge is 2.16. The summed E-state index contributed by atoms with van der Waals surface area (Å²) < 4.78 is 10.5. The number of likely N-dealkylation sites (tertiary alicyclic amines) is 1. The summed E-state index contributed by atoms with van der Waals surface area (Å²) >= 11 is 0. The lowest BCUT2D eigenvalue weighted by molar-refractivity contribution is 0.236. The maximum atomic E-state index is 10.5. The van der Waals surface area contributed by atoms with Crippen molar-refractivity contribution >= 4 is 20.0 Å². The molecule has 6 heteroatoms. The summed E-state index contributed by atoms with van der Waals surface area (Å²) in [5.41, 5.74) is 0. The summed E-state index contributed by atoms with van der Waals surface area (Å²) in [4.78, 5) is 19.4. The standard InChI is InChI=1S/C7H16NO3P.ClH/c9-12(10,11)7-6-8-4-2-1-3-5-8;/h1-7H2,(H2,9,10,11);1H. The summed E-state index contributed by atoms with van der Waals surface area (Å²) in [6, 6.07) is 0. The summed E-state index contributed by atoms with van der Waals surface area (Å²) in [5, 5.41) is 0. The first-order valence-electron chi connectivity index (χ1n) is 4.35. The Morgan fingerprint density at radius 1 is 1.15 bits per heavy atom. The topological polar surface area (TPSA) is 60.8 Å². The second-order valence-electron chi connectivity index (χ2n) is 3.29. The molecule has 0 radical (unpaired) electrons. The molecule has 0 amide bonds. The van der Waals surface area contributed by atoms with Gasteiger partial charge in [0.05, 0.1) is 6.16 Å². The normalized spacial score (nSPS) is 19.5. The maximum Gasteiger partial charge on any atom is 0.326 e. The second-order valence-corrected chi connectivity index (χ2v) is 5.07. The molecule has 0 saturated carbocycles. The monoisotopic (exact) mass is 229 g/mol. The zero-order chi connectivity index (χ0) is 9.03. The van der Waals surface area contributed by atoms with E-state index in [2.05, 4.69) is 4.90 Å². The van der Waals surface area contributed by atoms with E-state index in [-0.39, 0.29) is 18.6 Å². The molecule has 0 aromatic heterocycles. The van der Waals surface area contributed by atoms with E-state index in [0.717, 1.165) is 13.1 Å². The van der Waals surface area contributed by atoms with Crippen LogP contribution >= 0.6 is 20.0 Å². The average Bonchev–Trinajstić information content (AvgIpc) is 2.02. The van der Waals surface area contributed by atoms with Crippen LogP contribution in [-0.4, -0.2) is 40.5 Å². The Kier molecular flexibility index (Phi) is 6.18. The van der Waals surface area contributed by atoms with Crippen LogP contribution in [0.25, 0.3) is 0 Å². The first-order chi connectivity index (χ1) is 5.58. The van der Waals surface area contributed by atoms with Gasteiger partial charge < -0.3 is 14.7 Å². The first-order valence-corrected chi connectivity index (χ1v) is 6.15. The van der Waals surface area contributed by atoms with Gasteiger partial charge in [-0.05, 0) is 25.9 Å². The van der Waals surface area contributed by atoms with Gasteiger partial charge >= 0.3 is 7.60 Å². The lowest BCUT2D eigenvalue weighted by Gasteiger charge is -2.26.